The number of carbonyl (C=O) groups excluding carboxylic acids is 2. The Hall–Kier alpha value is -3.77. The van der Waals surface area contributed by atoms with E-state index in [2.05, 4.69) is 12.1 Å². The van der Waals surface area contributed by atoms with Gasteiger partial charge in [-0.2, -0.15) is 0 Å². The van der Waals surface area contributed by atoms with Crippen molar-refractivity contribution in [3.8, 4) is 17.0 Å². The summed E-state index contributed by atoms with van der Waals surface area (Å²) < 4.78 is 5.66. The second-order valence-electron chi connectivity index (χ2n) is 7.93. The van der Waals surface area contributed by atoms with Gasteiger partial charge in [-0.25, -0.2) is 4.98 Å². The minimum Gasteiger partial charge on any atom is -0.482 e. The van der Waals surface area contributed by atoms with E-state index in [1.54, 1.807) is 35.3 Å². The highest BCUT2D eigenvalue weighted by Gasteiger charge is 2.33. The number of carbonyl (C=O) groups is 2. The number of rotatable bonds is 6. The van der Waals surface area contributed by atoms with Crippen LogP contribution in [0.1, 0.15) is 27.9 Å². The van der Waals surface area contributed by atoms with E-state index >= 15 is 0 Å². The highest BCUT2D eigenvalue weighted by molar-refractivity contribution is 7.10. The second-order valence-corrected chi connectivity index (χ2v) is 8.87. The van der Waals surface area contributed by atoms with Gasteiger partial charge in [0.1, 0.15) is 5.75 Å². The Labute approximate surface area is 196 Å². The van der Waals surface area contributed by atoms with Gasteiger partial charge in [-0.05, 0) is 30.7 Å². The summed E-state index contributed by atoms with van der Waals surface area (Å²) >= 11 is 1.61. The van der Waals surface area contributed by atoms with E-state index in [4.69, 9.17) is 9.72 Å². The Bertz CT molecular complexity index is 1300. The largest absolute Gasteiger partial charge is 0.482 e. The standard InChI is InChI=1S/C27H22N2O3S/c1-18(27(31)20-10-6-3-7-11-20)29-23-15-21(12-13-24(23)32-16-26(29)30)22-17-33-25(28-22)14-19-8-4-2-5-9-19/h2-13,15,17-18H,14,16H2,1H3. The van der Waals surface area contributed by atoms with Gasteiger partial charge in [-0.1, -0.05) is 60.7 Å². The Kier molecular flexibility index (Phi) is 5.75. The van der Waals surface area contributed by atoms with E-state index in [1.807, 2.05) is 60.0 Å². The summed E-state index contributed by atoms with van der Waals surface area (Å²) in [4.78, 5) is 32.3. The fraction of sp³-hybridized carbons (Fsp3) is 0.148. The summed E-state index contributed by atoms with van der Waals surface area (Å²) in [5.41, 5.74) is 4.10. The van der Waals surface area contributed by atoms with Gasteiger partial charge in [0.15, 0.2) is 12.4 Å². The first-order chi connectivity index (χ1) is 16.1. The topological polar surface area (TPSA) is 59.5 Å². The third-order valence-corrected chi connectivity index (χ3v) is 6.56. The molecule has 0 saturated carbocycles. The summed E-state index contributed by atoms with van der Waals surface area (Å²) in [5, 5.41) is 3.04. The molecule has 0 fully saturated rings. The van der Waals surface area contributed by atoms with Crippen molar-refractivity contribution in [2.75, 3.05) is 11.5 Å². The minimum atomic E-state index is -0.651. The Morgan fingerprint density at radius 3 is 2.55 bits per heavy atom. The number of aromatic nitrogens is 1. The molecule has 3 aromatic carbocycles. The Morgan fingerprint density at radius 2 is 1.79 bits per heavy atom. The van der Waals surface area contributed by atoms with E-state index in [9.17, 15) is 9.59 Å². The summed E-state index contributed by atoms with van der Waals surface area (Å²) in [6, 6.07) is 24.3. The smallest absolute Gasteiger partial charge is 0.265 e. The number of benzene rings is 3. The SMILES string of the molecule is CC(C(=O)c1ccccc1)N1C(=O)COc2ccc(-c3csc(Cc4ccccc4)n3)cc21. The zero-order chi connectivity index (χ0) is 22.8. The predicted octanol–water partition coefficient (Wildman–Crippen LogP) is 5.40. The molecule has 1 unspecified atom stereocenters. The van der Waals surface area contributed by atoms with Crippen molar-refractivity contribution in [1.82, 2.24) is 4.98 Å². The molecule has 1 aliphatic heterocycles. The zero-order valence-corrected chi connectivity index (χ0v) is 18.9. The normalized spacial score (nSPS) is 13.8. The number of hydrogen-bond acceptors (Lipinski definition) is 5. The van der Waals surface area contributed by atoms with E-state index in [-0.39, 0.29) is 18.3 Å². The van der Waals surface area contributed by atoms with Gasteiger partial charge in [0, 0.05) is 22.9 Å². The van der Waals surface area contributed by atoms with Crippen LogP contribution in [-0.4, -0.2) is 29.3 Å². The van der Waals surface area contributed by atoms with E-state index in [0.717, 1.165) is 22.7 Å². The number of Topliss-reactive ketones (excluding diaryl/α,β-unsaturated/α-hetero) is 1. The number of fused-ring (bicyclic) bond motifs is 1. The van der Waals surface area contributed by atoms with Crippen LogP contribution in [0, 0.1) is 0 Å². The van der Waals surface area contributed by atoms with Gasteiger partial charge < -0.3 is 4.74 Å². The molecule has 6 heteroatoms. The van der Waals surface area contributed by atoms with Crippen molar-refractivity contribution in [2.45, 2.75) is 19.4 Å². The molecule has 1 amide bonds. The van der Waals surface area contributed by atoms with Crippen molar-refractivity contribution in [3.05, 3.63) is 100 Å². The van der Waals surface area contributed by atoms with E-state index in [0.29, 0.717) is 17.0 Å². The molecule has 1 aliphatic rings. The molecule has 0 radical (unpaired) electrons. The molecule has 164 valence electrons. The summed E-state index contributed by atoms with van der Waals surface area (Å²) in [7, 11) is 0. The number of thiazole rings is 1. The van der Waals surface area contributed by atoms with Gasteiger partial charge in [0.05, 0.1) is 22.4 Å². The first-order valence-electron chi connectivity index (χ1n) is 10.8. The molecule has 4 aromatic rings. The maximum Gasteiger partial charge on any atom is 0.265 e. The van der Waals surface area contributed by atoms with Crippen LogP contribution in [0.3, 0.4) is 0 Å². The van der Waals surface area contributed by atoms with Gasteiger partial charge in [-0.15, -0.1) is 11.3 Å². The number of amides is 1. The molecule has 5 nitrogen and oxygen atoms in total. The average molecular weight is 455 g/mol. The van der Waals surface area contributed by atoms with Crippen LogP contribution < -0.4 is 9.64 Å². The average Bonchev–Trinajstić information content (AvgIpc) is 3.32. The lowest BCUT2D eigenvalue weighted by atomic mass is 10.0. The first-order valence-corrected chi connectivity index (χ1v) is 11.6. The van der Waals surface area contributed by atoms with Crippen LogP contribution >= 0.6 is 11.3 Å². The second kappa shape index (κ2) is 9.00. The summed E-state index contributed by atoms with van der Waals surface area (Å²) in [6.45, 7) is 1.67. The van der Waals surface area contributed by atoms with Crippen LogP contribution in [-0.2, 0) is 11.2 Å². The van der Waals surface area contributed by atoms with Crippen molar-refractivity contribution in [3.63, 3.8) is 0 Å². The maximum absolute atomic E-state index is 13.1. The number of anilines is 1. The number of nitrogens with zero attached hydrogens (tertiary/aromatic N) is 2. The molecule has 5 rings (SSSR count). The lowest BCUT2D eigenvalue weighted by Gasteiger charge is -2.33. The number of ketones is 1. The van der Waals surface area contributed by atoms with Gasteiger partial charge in [-0.3, -0.25) is 14.5 Å². The van der Waals surface area contributed by atoms with Crippen molar-refractivity contribution in [1.29, 1.82) is 0 Å². The molecular formula is C27H22N2O3S. The number of ether oxygens (including phenoxy) is 1. The highest BCUT2D eigenvalue weighted by atomic mass is 32.1. The zero-order valence-electron chi connectivity index (χ0n) is 18.1. The van der Waals surface area contributed by atoms with Crippen molar-refractivity contribution >= 4 is 28.7 Å². The van der Waals surface area contributed by atoms with E-state index < -0.39 is 6.04 Å². The third kappa shape index (κ3) is 4.30. The third-order valence-electron chi connectivity index (χ3n) is 5.71. The molecule has 0 aliphatic carbocycles. The van der Waals surface area contributed by atoms with E-state index in [1.165, 1.54) is 5.56 Å². The van der Waals surface area contributed by atoms with Crippen LogP contribution in [0.2, 0.25) is 0 Å². The van der Waals surface area contributed by atoms with Gasteiger partial charge in [0.25, 0.3) is 5.91 Å². The molecule has 0 bridgehead atoms. The molecule has 33 heavy (non-hydrogen) atoms. The lowest BCUT2D eigenvalue weighted by Crippen LogP contribution is -2.48. The fourth-order valence-electron chi connectivity index (χ4n) is 4.01. The van der Waals surface area contributed by atoms with Gasteiger partial charge >= 0.3 is 0 Å². The maximum atomic E-state index is 13.1. The van der Waals surface area contributed by atoms with Crippen LogP contribution in [0.4, 0.5) is 5.69 Å². The molecule has 0 N–H and O–H groups in total. The molecule has 1 aromatic heterocycles. The first kappa shape index (κ1) is 21.1. The minimum absolute atomic E-state index is 0.0866. The van der Waals surface area contributed by atoms with Crippen molar-refractivity contribution < 1.29 is 14.3 Å². The molecule has 0 spiro atoms. The molecule has 2 heterocycles. The Morgan fingerprint density at radius 1 is 1.06 bits per heavy atom. The summed E-state index contributed by atoms with van der Waals surface area (Å²) in [5.74, 6) is 0.242. The Balaban J connectivity index is 1.45. The quantitative estimate of drug-likeness (QED) is 0.366. The van der Waals surface area contributed by atoms with Gasteiger partial charge in [0.2, 0.25) is 0 Å². The highest BCUT2D eigenvalue weighted by Crippen LogP contribution is 2.38. The summed E-state index contributed by atoms with van der Waals surface area (Å²) in [6.07, 6.45) is 0.771. The predicted molar refractivity (Wildman–Crippen MR) is 130 cm³/mol. The fourth-order valence-corrected chi connectivity index (χ4v) is 4.85. The van der Waals surface area contributed by atoms with Crippen LogP contribution in [0.15, 0.2) is 84.2 Å². The molecule has 1 atom stereocenters. The van der Waals surface area contributed by atoms with Crippen LogP contribution in [0.5, 0.6) is 5.75 Å². The number of hydrogen-bond donors (Lipinski definition) is 0. The lowest BCUT2D eigenvalue weighted by molar-refractivity contribution is -0.121. The molecule has 0 saturated heterocycles. The molecular weight excluding hydrogens is 432 g/mol. The van der Waals surface area contributed by atoms with Crippen LogP contribution in [0.25, 0.3) is 11.3 Å². The monoisotopic (exact) mass is 454 g/mol. The van der Waals surface area contributed by atoms with Crippen molar-refractivity contribution in [2.24, 2.45) is 0 Å².